The molecule has 0 saturated carbocycles. The third-order valence-corrected chi connectivity index (χ3v) is 5.49. The van der Waals surface area contributed by atoms with Crippen LogP contribution in [0.15, 0.2) is 82.6 Å². The molecule has 0 unspecified atom stereocenters. The predicted octanol–water partition coefficient (Wildman–Crippen LogP) is 4.49. The molecule has 0 aliphatic rings. The number of hydrogen-bond donors (Lipinski definition) is 0. The van der Waals surface area contributed by atoms with Crippen molar-refractivity contribution in [2.45, 2.75) is 5.03 Å². The zero-order valence-corrected chi connectivity index (χ0v) is 17.1. The molecule has 2 aromatic carbocycles. The summed E-state index contributed by atoms with van der Waals surface area (Å²) in [5.74, 6) is 0.671. The van der Waals surface area contributed by atoms with E-state index in [2.05, 4.69) is 9.46 Å². The maximum Gasteiger partial charge on any atom is 0.333 e. The zero-order chi connectivity index (χ0) is 18.6. The smallest absolute Gasteiger partial charge is 0.294 e. The van der Waals surface area contributed by atoms with Crippen molar-refractivity contribution in [2.75, 3.05) is 17.3 Å². The van der Waals surface area contributed by atoms with Gasteiger partial charge in [0, 0.05) is 18.1 Å². The minimum atomic E-state index is -2.52. The Hall–Kier alpha value is -2.55. The first kappa shape index (κ1) is 20.2. The number of pyridine rings is 1. The monoisotopic (exact) mass is 432 g/mol. The fraction of sp³-hybridized carbons (Fsp3) is 0.105. The molecule has 0 aliphatic heterocycles. The highest BCUT2D eigenvalue weighted by atomic mass is 35.5. The van der Waals surface area contributed by atoms with E-state index in [1.807, 2.05) is 71.3 Å². The van der Waals surface area contributed by atoms with Crippen LogP contribution in [-0.2, 0) is 10.5 Å². The number of anilines is 1. The standard InChI is InChI=1S/C19H16N4O2S2.ClH/c24-27(25)21-23(17-9-8-15-4-1-2-5-16(15)14-17)12-13-26-19-7-3-6-18-20-10-11-22(18)19;/h1-11,14H,12-13H2;1H. The van der Waals surface area contributed by atoms with Crippen LogP contribution < -0.4 is 5.01 Å². The van der Waals surface area contributed by atoms with Gasteiger partial charge in [-0.25, -0.2) is 9.99 Å². The Labute approximate surface area is 174 Å². The van der Waals surface area contributed by atoms with E-state index in [0.717, 1.165) is 27.1 Å². The molecular formula is C19H17ClN4O2S2. The lowest BCUT2D eigenvalue weighted by Gasteiger charge is -2.17. The number of benzene rings is 2. The number of nitrogens with zero attached hydrogens (tertiary/aromatic N) is 4. The predicted molar refractivity (Wildman–Crippen MR) is 116 cm³/mol. The molecule has 0 radical (unpaired) electrons. The molecule has 9 heteroatoms. The molecular weight excluding hydrogens is 416 g/mol. The Morgan fingerprint density at radius 1 is 1.04 bits per heavy atom. The van der Waals surface area contributed by atoms with Gasteiger partial charge in [0.05, 0.1) is 17.3 Å². The summed E-state index contributed by atoms with van der Waals surface area (Å²) in [5, 5.41) is 4.72. The molecule has 6 nitrogen and oxygen atoms in total. The summed E-state index contributed by atoms with van der Waals surface area (Å²) in [5.41, 5.74) is 1.64. The third kappa shape index (κ3) is 4.46. The van der Waals surface area contributed by atoms with Gasteiger partial charge < -0.3 is 0 Å². The molecule has 2 aromatic heterocycles. The lowest BCUT2D eigenvalue weighted by Crippen LogP contribution is -2.19. The van der Waals surface area contributed by atoms with Crippen molar-refractivity contribution >= 4 is 56.8 Å². The van der Waals surface area contributed by atoms with Gasteiger partial charge in [0.1, 0.15) is 5.65 Å². The molecule has 144 valence electrons. The maximum absolute atomic E-state index is 11.2. The van der Waals surface area contributed by atoms with E-state index in [-0.39, 0.29) is 12.4 Å². The Balaban J connectivity index is 0.00000225. The van der Waals surface area contributed by atoms with Crippen molar-refractivity contribution in [1.82, 2.24) is 9.38 Å². The highest BCUT2D eigenvalue weighted by molar-refractivity contribution is 7.99. The van der Waals surface area contributed by atoms with Gasteiger partial charge in [-0.05, 0) is 35.0 Å². The molecule has 28 heavy (non-hydrogen) atoms. The number of aromatic nitrogens is 2. The topological polar surface area (TPSA) is 67.0 Å². The lowest BCUT2D eigenvalue weighted by atomic mass is 10.1. The number of fused-ring (bicyclic) bond motifs is 2. The van der Waals surface area contributed by atoms with E-state index in [1.54, 1.807) is 18.0 Å². The average molecular weight is 433 g/mol. The first-order valence-corrected chi connectivity index (χ1v) is 10.3. The second-order valence-corrected chi connectivity index (χ2v) is 7.53. The van der Waals surface area contributed by atoms with Gasteiger partial charge in [-0.3, -0.25) is 4.40 Å². The van der Waals surface area contributed by atoms with Crippen LogP contribution in [0.1, 0.15) is 0 Å². The van der Waals surface area contributed by atoms with Crippen LogP contribution in [-0.4, -0.2) is 30.1 Å². The van der Waals surface area contributed by atoms with Gasteiger partial charge >= 0.3 is 10.5 Å². The summed E-state index contributed by atoms with van der Waals surface area (Å²) < 4.78 is 28.1. The van der Waals surface area contributed by atoms with Crippen LogP contribution in [0.25, 0.3) is 16.4 Å². The Morgan fingerprint density at radius 3 is 2.68 bits per heavy atom. The molecule has 4 aromatic rings. The minimum absolute atomic E-state index is 0. The van der Waals surface area contributed by atoms with Gasteiger partial charge in [0.15, 0.2) is 0 Å². The van der Waals surface area contributed by atoms with Gasteiger partial charge in [0.2, 0.25) is 0 Å². The fourth-order valence-corrected chi connectivity index (χ4v) is 4.19. The van der Waals surface area contributed by atoms with Gasteiger partial charge in [-0.15, -0.1) is 24.2 Å². The summed E-state index contributed by atoms with van der Waals surface area (Å²) in [4.78, 5) is 4.28. The van der Waals surface area contributed by atoms with Crippen molar-refractivity contribution in [3.8, 4) is 0 Å². The third-order valence-electron chi connectivity index (χ3n) is 4.14. The van der Waals surface area contributed by atoms with Gasteiger partial charge in [-0.1, -0.05) is 40.9 Å². The molecule has 4 rings (SSSR count). The second-order valence-electron chi connectivity index (χ2n) is 5.82. The van der Waals surface area contributed by atoms with Crippen LogP contribution in [0, 0.1) is 0 Å². The van der Waals surface area contributed by atoms with Crippen LogP contribution in [0.4, 0.5) is 5.69 Å². The van der Waals surface area contributed by atoms with Crippen LogP contribution in [0.3, 0.4) is 0 Å². The summed E-state index contributed by atoms with van der Waals surface area (Å²) in [6.07, 6.45) is 3.67. The molecule has 2 heterocycles. The van der Waals surface area contributed by atoms with E-state index in [1.165, 1.54) is 5.01 Å². The van der Waals surface area contributed by atoms with Crippen LogP contribution in [0.5, 0.6) is 0 Å². The highest BCUT2D eigenvalue weighted by Gasteiger charge is 2.09. The molecule has 0 spiro atoms. The van der Waals surface area contributed by atoms with Crippen LogP contribution in [0.2, 0.25) is 0 Å². The zero-order valence-electron chi connectivity index (χ0n) is 14.7. The number of imidazole rings is 1. The molecule has 0 N–H and O–H groups in total. The van der Waals surface area contributed by atoms with E-state index < -0.39 is 10.5 Å². The molecule has 0 atom stereocenters. The first-order chi connectivity index (χ1) is 13.2. The SMILES string of the molecule is Cl.O=S(=O)=NN(CCSc1cccc2nccn12)c1ccc2ccccc2c1. The van der Waals surface area contributed by atoms with Gasteiger partial charge in [-0.2, -0.15) is 8.42 Å². The summed E-state index contributed by atoms with van der Waals surface area (Å²) in [6.45, 7) is 0.460. The van der Waals surface area contributed by atoms with Crippen molar-refractivity contribution in [3.63, 3.8) is 0 Å². The minimum Gasteiger partial charge on any atom is -0.294 e. The first-order valence-electron chi connectivity index (χ1n) is 8.33. The van der Waals surface area contributed by atoms with E-state index >= 15 is 0 Å². The molecule has 0 saturated heterocycles. The number of thioether (sulfide) groups is 1. The molecule has 0 aliphatic carbocycles. The average Bonchev–Trinajstić information content (AvgIpc) is 3.16. The maximum atomic E-state index is 11.2. The Kier molecular flexibility index (Phi) is 6.56. The number of rotatable bonds is 6. The van der Waals surface area contributed by atoms with E-state index in [4.69, 9.17) is 0 Å². The van der Waals surface area contributed by atoms with Crippen LogP contribution >= 0.6 is 24.2 Å². The van der Waals surface area contributed by atoms with Gasteiger partial charge in [0.25, 0.3) is 0 Å². The molecule has 0 fully saturated rings. The number of hydrogen-bond acceptors (Lipinski definition) is 5. The highest BCUT2D eigenvalue weighted by Crippen LogP contribution is 2.24. The summed E-state index contributed by atoms with van der Waals surface area (Å²) in [7, 11) is -2.52. The summed E-state index contributed by atoms with van der Waals surface area (Å²) >= 11 is 1.63. The van der Waals surface area contributed by atoms with Crippen molar-refractivity contribution in [1.29, 1.82) is 0 Å². The van der Waals surface area contributed by atoms with Crippen molar-refractivity contribution in [2.24, 2.45) is 4.47 Å². The number of halogens is 1. The lowest BCUT2D eigenvalue weighted by molar-refractivity contribution is 0.619. The fourth-order valence-electron chi connectivity index (χ4n) is 2.91. The Bertz CT molecular complexity index is 1230. The summed E-state index contributed by atoms with van der Waals surface area (Å²) in [6, 6.07) is 19.7. The van der Waals surface area contributed by atoms with Crippen molar-refractivity contribution < 1.29 is 8.42 Å². The van der Waals surface area contributed by atoms with Crippen molar-refractivity contribution in [3.05, 3.63) is 73.1 Å². The normalized spacial score (nSPS) is 10.6. The molecule has 0 bridgehead atoms. The van der Waals surface area contributed by atoms with E-state index in [0.29, 0.717) is 12.3 Å². The Morgan fingerprint density at radius 2 is 1.86 bits per heavy atom. The molecule has 0 amide bonds. The quantitative estimate of drug-likeness (QED) is 0.332. The van der Waals surface area contributed by atoms with E-state index in [9.17, 15) is 8.42 Å². The largest absolute Gasteiger partial charge is 0.333 e. The second kappa shape index (κ2) is 9.09.